The van der Waals surface area contributed by atoms with Crippen LogP contribution in [0.3, 0.4) is 0 Å². The molecule has 0 aliphatic carbocycles. The lowest BCUT2D eigenvalue weighted by molar-refractivity contribution is -0.120. The van der Waals surface area contributed by atoms with Crippen LogP contribution in [0.25, 0.3) is 0 Å². The van der Waals surface area contributed by atoms with E-state index < -0.39 is 35.0 Å². The molecule has 1 aliphatic rings. The molecule has 0 spiro atoms. The van der Waals surface area contributed by atoms with Crippen molar-refractivity contribution in [2.24, 2.45) is 0 Å². The van der Waals surface area contributed by atoms with Crippen molar-refractivity contribution < 1.29 is 22.8 Å². The number of amides is 2. The molecule has 16 heavy (non-hydrogen) atoms. The second-order valence-electron chi connectivity index (χ2n) is 3.04. The molecule has 0 saturated carbocycles. The lowest BCUT2D eigenvalue weighted by atomic mass is 10.2. The van der Waals surface area contributed by atoms with Crippen LogP contribution in [0.4, 0.5) is 18.9 Å². The molecule has 0 radical (unpaired) electrons. The molecule has 1 aliphatic heterocycles. The first kappa shape index (κ1) is 10.4. The van der Waals surface area contributed by atoms with E-state index >= 15 is 0 Å². The van der Waals surface area contributed by atoms with E-state index in [-0.39, 0.29) is 0 Å². The van der Waals surface area contributed by atoms with E-state index in [9.17, 15) is 22.8 Å². The zero-order valence-corrected chi connectivity index (χ0v) is 7.71. The normalized spacial score (nSPS) is 15.1. The predicted molar refractivity (Wildman–Crippen MR) is 47.9 cm³/mol. The van der Waals surface area contributed by atoms with E-state index in [1.165, 1.54) is 0 Å². The first-order chi connectivity index (χ1) is 7.52. The Morgan fingerprint density at radius 1 is 0.875 bits per heavy atom. The van der Waals surface area contributed by atoms with Crippen LogP contribution in [0.1, 0.15) is 0 Å². The Morgan fingerprint density at radius 3 is 2.00 bits per heavy atom. The summed E-state index contributed by atoms with van der Waals surface area (Å²) in [5.41, 5.74) is -0.598. The van der Waals surface area contributed by atoms with Crippen molar-refractivity contribution in [2.45, 2.75) is 0 Å². The fourth-order valence-corrected chi connectivity index (χ4v) is 1.33. The molecule has 0 bridgehead atoms. The number of hydrogen-bond acceptors (Lipinski definition) is 2. The summed E-state index contributed by atoms with van der Waals surface area (Å²) >= 11 is 0. The van der Waals surface area contributed by atoms with Gasteiger partial charge in [0.1, 0.15) is 0 Å². The maximum Gasteiger partial charge on any atom is 0.258 e. The minimum atomic E-state index is -1.72. The van der Waals surface area contributed by atoms with Crippen LogP contribution in [0, 0.1) is 17.5 Å². The molecule has 0 fully saturated rings. The highest BCUT2D eigenvalue weighted by Crippen LogP contribution is 2.25. The molecule has 82 valence electrons. The second-order valence-corrected chi connectivity index (χ2v) is 3.04. The molecule has 0 aromatic heterocycles. The number of anilines is 1. The second kappa shape index (κ2) is 3.48. The molecular weight excluding hydrogens is 223 g/mol. The topological polar surface area (TPSA) is 37.4 Å². The van der Waals surface area contributed by atoms with E-state index in [1.54, 1.807) is 0 Å². The molecule has 1 aromatic carbocycles. The van der Waals surface area contributed by atoms with Crippen molar-refractivity contribution in [3.05, 3.63) is 41.7 Å². The molecule has 2 rings (SSSR count). The van der Waals surface area contributed by atoms with Crippen LogP contribution in [0.2, 0.25) is 0 Å². The van der Waals surface area contributed by atoms with Crippen molar-refractivity contribution in [1.82, 2.24) is 0 Å². The number of hydrogen-bond donors (Lipinski definition) is 0. The van der Waals surface area contributed by atoms with Gasteiger partial charge in [-0.2, -0.15) is 0 Å². The molecule has 0 unspecified atom stereocenters. The summed E-state index contributed by atoms with van der Waals surface area (Å²) in [5, 5.41) is 0. The van der Waals surface area contributed by atoms with Gasteiger partial charge in [0.15, 0.2) is 17.5 Å². The van der Waals surface area contributed by atoms with Crippen molar-refractivity contribution in [2.75, 3.05) is 4.90 Å². The maximum absolute atomic E-state index is 13.3. The first-order valence-corrected chi connectivity index (χ1v) is 4.22. The first-order valence-electron chi connectivity index (χ1n) is 4.22. The number of nitrogens with zero attached hydrogens (tertiary/aromatic N) is 1. The average Bonchev–Trinajstić information content (AvgIpc) is 2.57. The predicted octanol–water partition coefficient (Wildman–Crippen LogP) is 1.53. The van der Waals surface area contributed by atoms with Crippen molar-refractivity contribution in [3.63, 3.8) is 0 Å². The molecule has 1 heterocycles. The van der Waals surface area contributed by atoms with Gasteiger partial charge in [0.2, 0.25) is 0 Å². The van der Waals surface area contributed by atoms with Crippen LogP contribution in [-0.2, 0) is 9.59 Å². The summed E-state index contributed by atoms with van der Waals surface area (Å²) < 4.78 is 38.8. The zero-order valence-electron chi connectivity index (χ0n) is 7.71. The largest absolute Gasteiger partial charge is 0.269 e. The number of carbonyl (C=O) groups excluding carboxylic acids is 2. The van der Waals surface area contributed by atoms with E-state index in [2.05, 4.69) is 0 Å². The van der Waals surface area contributed by atoms with Crippen LogP contribution in [-0.4, -0.2) is 11.8 Å². The van der Waals surface area contributed by atoms with Gasteiger partial charge < -0.3 is 0 Å². The Hall–Kier alpha value is -2.11. The van der Waals surface area contributed by atoms with Gasteiger partial charge in [-0.05, 0) is 12.1 Å². The summed E-state index contributed by atoms with van der Waals surface area (Å²) in [7, 11) is 0. The third-order valence-corrected chi connectivity index (χ3v) is 2.06. The minimum absolute atomic E-state index is 0.428. The van der Waals surface area contributed by atoms with Crippen molar-refractivity contribution >= 4 is 17.5 Å². The van der Waals surface area contributed by atoms with Crippen molar-refractivity contribution in [1.29, 1.82) is 0 Å². The van der Waals surface area contributed by atoms with Gasteiger partial charge in [-0.25, -0.2) is 18.1 Å². The van der Waals surface area contributed by atoms with Crippen LogP contribution in [0.5, 0.6) is 0 Å². The summed E-state index contributed by atoms with van der Waals surface area (Å²) in [6.07, 6.45) is 1.84. The highest BCUT2D eigenvalue weighted by molar-refractivity contribution is 6.28. The molecule has 0 saturated heterocycles. The van der Waals surface area contributed by atoms with E-state index in [1.807, 2.05) is 0 Å². The molecule has 1 aromatic rings. The number of rotatable bonds is 1. The van der Waals surface area contributed by atoms with Gasteiger partial charge in [0.05, 0.1) is 5.69 Å². The Morgan fingerprint density at radius 2 is 1.44 bits per heavy atom. The number of halogens is 3. The van der Waals surface area contributed by atoms with E-state index in [4.69, 9.17) is 0 Å². The van der Waals surface area contributed by atoms with Crippen LogP contribution < -0.4 is 4.90 Å². The molecule has 3 nitrogen and oxygen atoms in total. The molecule has 6 heteroatoms. The Bertz CT molecular complexity index is 507. The summed E-state index contributed by atoms with van der Waals surface area (Å²) in [5.74, 6) is -6.26. The van der Waals surface area contributed by atoms with Gasteiger partial charge in [0.25, 0.3) is 11.8 Å². The SMILES string of the molecule is O=C1C=CC(=O)N1c1ccc(F)c(F)c1F. The zero-order chi connectivity index (χ0) is 11.9. The van der Waals surface area contributed by atoms with Crippen LogP contribution >= 0.6 is 0 Å². The quantitative estimate of drug-likeness (QED) is 0.539. The van der Waals surface area contributed by atoms with Crippen LogP contribution in [0.15, 0.2) is 24.3 Å². The summed E-state index contributed by atoms with van der Waals surface area (Å²) in [4.78, 5) is 22.8. The molecule has 0 N–H and O–H groups in total. The fraction of sp³-hybridized carbons (Fsp3) is 0. The smallest absolute Gasteiger partial charge is 0.258 e. The van der Waals surface area contributed by atoms with Gasteiger partial charge in [-0.3, -0.25) is 9.59 Å². The molecule has 2 amide bonds. The Labute approximate surface area is 87.8 Å². The van der Waals surface area contributed by atoms with Gasteiger partial charge in [0, 0.05) is 12.2 Å². The lowest BCUT2D eigenvalue weighted by Crippen LogP contribution is -2.30. The molecule has 0 atom stereocenters. The number of imide groups is 1. The number of carbonyl (C=O) groups is 2. The lowest BCUT2D eigenvalue weighted by Gasteiger charge is -2.14. The summed E-state index contributed by atoms with van der Waals surface area (Å²) in [6, 6.07) is 1.48. The molecular formula is C10H4F3NO2. The van der Waals surface area contributed by atoms with Gasteiger partial charge in [-0.1, -0.05) is 0 Å². The van der Waals surface area contributed by atoms with Gasteiger partial charge >= 0.3 is 0 Å². The maximum atomic E-state index is 13.3. The standard InChI is InChI=1S/C10H4F3NO2/c11-5-1-2-6(10(13)9(5)12)14-7(15)3-4-8(14)16/h1-4H. The van der Waals surface area contributed by atoms with Crippen molar-refractivity contribution in [3.8, 4) is 0 Å². The Balaban J connectivity index is 2.54. The average molecular weight is 227 g/mol. The third-order valence-electron chi connectivity index (χ3n) is 2.06. The minimum Gasteiger partial charge on any atom is -0.269 e. The highest BCUT2D eigenvalue weighted by atomic mass is 19.2. The highest BCUT2D eigenvalue weighted by Gasteiger charge is 2.29. The Kier molecular flexibility index (Phi) is 2.26. The fourth-order valence-electron chi connectivity index (χ4n) is 1.33. The third kappa shape index (κ3) is 1.39. The number of benzene rings is 1. The monoisotopic (exact) mass is 227 g/mol. The summed E-state index contributed by atoms with van der Waals surface area (Å²) in [6.45, 7) is 0. The van der Waals surface area contributed by atoms with E-state index in [0.29, 0.717) is 11.0 Å². The van der Waals surface area contributed by atoms with Gasteiger partial charge in [-0.15, -0.1) is 0 Å². The van der Waals surface area contributed by atoms with E-state index in [0.717, 1.165) is 18.2 Å².